The molecular weight excluding hydrogens is 226 g/mol. The maximum absolute atomic E-state index is 9.48. The third kappa shape index (κ3) is 4.19. The zero-order valence-electron chi connectivity index (χ0n) is 12.7. The molecule has 0 aromatic carbocycles. The van der Waals surface area contributed by atoms with Crippen LogP contribution in [0.15, 0.2) is 0 Å². The van der Waals surface area contributed by atoms with E-state index in [4.69, 9.17) is 0 Å². The summed E-state index contributed by atoms with van der Waals surface area (Å²) >= 11 is 0. The minimum absolute atomic E-state index is 0.172. The third-order valence-corrected chi connectivity index (χ3v) is 4.57. The Kier molecular flexibility index (Phi) is 6.05. The van der Waals surface area contributed by atoms with Crippen LogP contribution >= 0.6 is 0 Å². The largest absolute Gasteiger partial charge is 0.394 e. The van der Waals surface area contributed by atoms with Crippen LogP contribution in [0.25, 0.3) is 0 Å². The standard InChI is InChI=1S/C14H31N3O/c1-12(9-14(2,11-18)15-3)17(5)13-7-6-8-16(4)10-13/h12-13,15,18H,6-11H2,1-5H3. The summed E-state index contributed by atoms with van der Waals surface area (Å²) < 4.78 is 0. The van der Waals surface area contributed by atoms with E-state index in [1.165, 1.54) is 19.4 Å². The Labute approximate surface area is 112 Å². The van der Waals surface area contributed by atoms with Gasteiger partial charge in [-0.2, -0.15) is 0 Å². The quantitative estimate of drug-likeness (QED) is 0.737. The van der Waals surface area contributed by atoms with Gasteiger partial charge in [-0.3, -0.25) is 4.90 Å². The number of hydrogen-bond donors (Lipinski definition) is 2. The Morgan fingerprint density at radius 3 is 2.72 bits per heavy atom. The number of likely N-dealkylation sites (tertiary alicyclic amines) is 1. The summed E-state index contributed by atoms with van der Waals surface area (Å²) in [5, 5.41) is 12.7. The van der Waals surface area contributed by atoms with E-state index >= 15 is 0 Å². The maximum Gasteiger partial charge on any atom is 0.0611 e. The number of aliphatic hydroxyl groups excluding tert-OH is 1. The number of nitrogens with zero attached hydrogens (tertiary/aromatic N) is 2. The van der Waals surface area contributed by atoms with Gasteiger partial charge in [0.15, 0.2) is 0 Å². The second kappa shape index (κ2) is 6.85. The molecular formula is C14H31N3O. The van der Waals surface area contributed by atoms with Gasteiger partial charge in [0.1, 0.15) is 0 Å². The van der Waals surface area contributed by atoms with Gasteiger partial charge < -0.3 is 15.3 Å². The molecule has 0 aromatic rings. The van der Waals surface area contributed by atoms with Gasteiger partial charge in [0.25, 0.3) is 0 Å². The van der Waals surface area contributed by atoms with Crippen LogP contribution in [0, 0.1) is 0 Å². The van der Waals surface area contributed by atoms with E-state index in [1.54, 1.807) is 0 Å². The lowest BCUT2D eigenvalue weighted by molar-refractivity contribution is 0.0755. The lowest BCUT2D eigenvalue weighted by Crippen LogP contribution is -2.53. The molecule has 1 aliphatic rings. The molecule has 0 amide bonds. The number of rotatable bonds is 6. The summed E-state index contributed by atoms with van der Waals surface area (Å²) in [7, 11) is 6.36. The molecule has 4 nitrogen and oxygen atoms in total. The number of aliphatic hydroxyl groups is 1. The summed E-state index contributed by atoms with van der Waals surface area (Å²) in [5.74, 6) is 0. The average Bonchev–Trinajstić information content (AvgIpc) is 2.37. The SMILES string of the molecule is CNC(C)(CO)CC(C)N(C)C1CCCN(C)C1. The molecule has 0 bridgehead atoms. The Morgan fingerprint density at radius 2 is 2.22 bits per heavy atom. The van der Waals surface area contributed by atoms with Crippen molar-refractivity contribution in [2.24, 2.45) is 0 Å². The van der Waals surface area contributed by atoms with Crippen LogP contribution in [-0.2, 0) is 0 Å². The summed E-state index contributed by atoms with van der Waals surface area (Å²) in [4.78, 5) is 4.90. The van der Waals surface area contributed by atoms with Crippen LogP contribution in [0.5, 0.6) is 0 Å². The third-order valence-electron chi connectivity index (χ3n) is 4.57. The first-order valence-corrected chi connectivity index (χ1v) is 7.12. The van der Waals surface area contributed by atoms with Gasteiger partial charge in [0, 0.05) is 24.2 Å². The Bertz CT molecular complexity index is 243. The molecule has 3 atom stereocenters. The zero-order valence-corrected chi connectivity index (χ0v) is 12.7. The number of hydrogen-bond acceptors (Lipinski definition) is 4. The van der Waals surface area contributed by atoms with Gasteiger partial charge in [-0.15, -0.1) is 0 Å². The van der Waals surface area contributed by atoms with E-state index in [9.17, 15) is 5.11 Å². The fraction of sp³-hybridized carbons (Fsp3) is 1.00. The predicted molar refractivity (Wildman–Crippen MR) is 76.9 cm³/mol. The predicted octanol–water partition coefficient (Wildman–Crippen LogP) is 0.761. The second-order valence-electron chi connectivity index (χ2n) is 6.25. The lowest BCUT2D eigenvalue weighted by atomic mass is 9.92. The summed E-state index contributed by atoms with van der Waals surface area (Å²) in [6, 6.07) is 1.13. The van der Waals surface area contributed by atoms with Crippen LogP contribution in [0.4, 0.5) is 0 Å². The highest BCUT2D eigenvalue weighted by atomic mass is 16.3. The van der Waals surface area contributed by atoms with Gasteiger partial charge in [-0.1, -0.05) is 0 Å². The fourth-order valence-corrected chi connectivity index (χ4v) is 2.87. The molecule has 0 aromatic heterocycles. The summed E-state index contributed by atoms with van der Waals surface area (Å²) in [6.07, 6.45) is 3.55. The van der Waals surface area contributed by atoms with E-state index in [0.717, 1.165) is 13.0 Å². The average molecular weight is 257 g/mol. The molecule has 108 valence electrons. The van der Waals surface area contributed by atoms with Crippen molar-refractivity contribution in [3.05, 3.63) is 0 Å². The van der Waals surface area contributed by atoms with E-state index in [0.29, 0.717) is 12.1 Å². The first-order chi connectivity index (χ1) is 8.41. The van der Waals surface area contributed by atoms with Crippen LogP contribution in [0.2, 0.25) is 0 Å². The van der Waals surface area contributed by atoms with Crippen molar-refractivity contribution >= 4 is 0 Å². The monoisotopic (exact) mass is 257 g/mol. The topological polar surface area (TPSA) is 38.7 Å². The number of piperidine rings is 1. The molecule has 4 heteroatoms. The zero-order chi connectivity index (χ0) is 13.8. The van der Waals surface area contributed by atoms with Crippen molar-refractivity contribution in [2.75, 3.05) is 40.8 Å². The highest BCUT2D eigenvalue weighted by Crippen LogP contribution is 2.20. The van der Waals surface area contributed by atoms with Crippen molar-refractivity contribution in [1.29, 1.82) is 0 Å². The molecule has 3 unspecified atom stereocenters. The maximum atomic E-state index is 9.48. The molecule has 0 spiro atoms. The van der Waals surface area contributed by atoms with Crippen LogP contribution in [-0.4, -0.2) is 73.4 Å². The summed E-state index contributed by atoms with van der Waals surface area (Å²) in [5.41, 5.74) is -0.172. The normalized spacial score (nSPS) is 27.2. The van der Waals surface area contributed by atoms with Gasteiger partial charge >= 0.3 is 0 Å². The van der Waals surface area contributed by atoms with Gasteiger partial charge in [-0.05, 0) is 60.8 Å². The lowest BCUT2D eigenvalue weighted by Gasteiger charge is -2.41. The van der Waals surface area contributed by atoms with Crippen LogP contribution in [0.1, 0.15) is 33.1 Å². The molecule has 0 radical (unpaired) electrons. The van der Waals surface area contributed by atoms with Gasteiger partial charge in [0.2, 0.25) is 0 Å². The first-order valence-electron chi connectivity index (χ1n) is 7.12. The fourth-order valence-electron chi connectivity index (χ4n) is 2.87. The Hall–Kier alpha value is -0.160. The molecule has 0 saturated carbocycles. The van der Waals surface area contributed by atoms with E-state index in [-0.39, 0.29) is 12.1 Å². The minimum Gasteiger partial charge on any atom is -0.394 e. The number of nitrogens with one attached hydrogen (secondary N) is 1. The highest BCUT2D eigenvalue weighted by Gasteiger charge is 2.29. The van der Waals surface area contributed by atoms with Crippen molar-refractivity contribution < 1.29 is 5.11 Å². The van der Waals surface area contributed by atoms with Crippen molar-refractivity contribution in [2.45, 2.75) is 50.7 Å². The number of likely N-dealkylation sites (N-methyl/N-ethyl adjacent to an activating group) is 3. The second-order valence-corrected chi connectivity index (χ2v) is 6.25. The van der Waals surface area contributed by atoms with Crippen LogP contribution in [0.3, 0.4) is 0 Å². The molecule has 1 rings (SSSR count). The van der Waals surface area contributed by atoms with Gasteiger partial charge in [0.05, 0.1) is 6.61 Å². The molecule has 0 aliphatic carbocycles. The van der Waals surface area contributed by atoms with E-state index < -0.39 is 0 Å². The Morgan fingerprint density at radius 1 is 1.56 bits per heavy atom. The van der Waals surface area contributed by atoms with Crippen molar-refractivity contribution in [3.63, 3.8) is 0 Å². The smallest absolute Gasteiger partial charge is 0.0611 e. The Balaban J connectivity index is 2.52. The summed E-state index contributed by atoms with van der Waals surface area (Å²) in [6.45, 7) is 6.93. The van der Waals surface area contributed by atoms with Crippen molar-refractivity contribution in [3.8, 4) is 0 Å². The van der Waals surface area contributed by atoms with E-state index in [1.807, 2.05) is 7.05 Å². The molecule has 1 saturated heterocycles. The molecule has 1 heterocycles. The molecule has 2 N–H and O–H groups in total. The minimum atomic E-state index is -0.172. The van der Waals surface area contributed by atoms with E-state index in [2.05, 4.69) is 43.1 Å². The highest BCUT2D eigenvalue weighted by molar-refractivity contribution is 4.88. The molecule has 1 aliphatic heterocycles. The van der Waals surface area contributed by atoms with Crippen molar-refractivity contribution in [1.82, 2.24) is 15.1 Å². The van der Waals surface area contributed by atoms with Gasteiger partial charge in [-0.25, -0.2) is 0 Å². The molecule has 18 heavy (non-hydrogen) atoms. The van der Waals surface area contributed by atoms with Crippen LogP contribution < -0.4 is 5.32 Å². The molecule has 1 fully saturated rings. The first kappa shape index (κ1) is 15.9.